The van der Waals surface area contributed by atoms with Crippen molar-refractivity contribution >= 4 is 21.2 Å². The number of aliphatic carboxylic acids is 2. The first-order chi connectivity index (χ1) is 4.52. The summed E-state index contributed by atoms with van der Waals surface area (Å²) in [5.74, 6) is -1.94. The lowest BCUT2D eigenvalue weighted by molar-refractivity contribution is -0.138. The average molecular weight is 164 g/mol. The topological polar surface area (TPSA) is 74.6 Å². The lowest BCUT2D eigenvalue weighted by Crippen LogP contribution is -2.11. The Morgan fingerprint density at radius 2 is 1.50 bits per heavy atom. The molecular formula is C5H9O4P. The lowest BCUT2D eigenvalue weighted by Gasteiger charge is -2.02. The zero-order valence-corrected chi connectivity index (χ0v) is 6.43. The third-order valence-electron chi connectivity index (χ3n) is 0.874. The van der Waals surface area contributed by atoms with Gasteiger partial charge in [0.2, 0.25) is 0 Å². The van der Waals surface area contributed by atoms with E-state index in [0.29, 0.717) is 0 Å². The molecule has 0 rings (SSSR count). The van der Waals surface area contributed by atoms with Crippen LogP contribution in [0.5, 0.6) is 0 Å². The first-order valence-electron chi connectivity index (χ1n) is 2.71. The summed E-state index contributed by atoms with van der Waals surface area (Å²) in [7, 11) is 2.19. The van der Waals surface area contributed by atoms with Crippen LogP contribution in [0.25, 0.3) is 0 Å². The van der Waals surface area contributed by atoms with Gasteiger partial charge >= 0.3 is 11.9 Å². The summed E-state index contributed by atoms with van der Waals surface area (Å²) in [4.78, 5) is 20.0. The quantitative estimate of drug-likeness (QED) is 0.581. The maximum atomic E-state index is 9.98. The molecule has 0 spiro atoms. The van der Waals surface area contributed by atoms with Gasteiger partial charge in [0.25, 0.3) is 0 Å². The van der Waals surface area contributed by atoms with Crippen LogP contribution in [0.4, 0.5) is 0 Å². The molecule has 2 N–H and O–H groups in total. The van der Waals surface area contributed by atoms with Crippen LogP contribution in [-0.2, 0) is 9.59 Å². The Morgan fingerprint density at radius 3 is 1.70 bits per heavy atom. The molecule has 10 heavy (non-hydrogen) atoms. The van der Waals surface area contributed by atoms with Crippen molar-refractivity contribution in [1.82, 2.24) is 0 Å². The van der Waals surface area contributed by atoms with Crippen molar-refractivity contribution in [2.75, 3.05) is 0 Å². The minimum atomic E-state index is -0.971. The highest BCUT2D eigenvalue weighted by Crippen LogP contribution is 2.09. The molecule has 4 nitrogen and oxygen atoms in total. The molecule has 5 heteroatoms. The van der Waals surface area contributed by atoms with Crippen molar-refractivity contribution in [3.8, 4) is 0 Å². The Hall–Kier alpha value is -0.630. The molecule has 0 aliphatic rings. The third-order valence-corrected chi connectivity index (χ3v) is 1.35. The van der Waals surface area contributed by atoms with Crippen LogP contribution in [0.15, 0.2) is 0 Å². The standard InChI is InChI=1S/C5H9O4P/c6-4(7)1-3(10)2-5(8)9/h3H,1-2,10H2,(H,6,7)(H,8,9). The summed E-state index contributed by atoms with van der Waals surface area (Å²) < 4.78 is 0. The van der Waals surface area contributed by atoms with Crippen LogP contribution in [0.3, 0.4) is 0 Å². The van der Waals surface area contributed by atoms with Gasteiger partial charge in [-0.25, -0.2) is 0 Å². The molecule has 0 aliphatic carbocycles. The van der Waals surface area contributed by atoms with Gasteiger partial charge in [-0.1, -0.05) is 0 Å². The van der Waals surface area contributed by atoms with Gasteiger partial charge in [0.1, 0.15) is 0 Å². The summed E-state index contributed by atoms with van der Waals surface area (Å²) >= 11 is 0. The summed E-state index contributed by atoms with van der Waals surface area (Å²) in [6, 6.07) is 0. The van der Waals surface area contributed by atoms with E-state index in [-0.39, 0.29) is 18.5 Å². The summed E-state index contributed by atoms with van der Waals surface area (Å²) in [6.45, 7) is 0. The highest BCUT2D eigenvalue weighted by molar-refractivity contribution is 7.17. The van der Waals surface area contributed by atoms with E-state index in [1.165, 1.54) is 0 Å². The van der Waals surface area contributed by atoms with Gasteiger partial charge in [-0.05, 0) is 5.66 Å². The highest BCUT2D eigenvalue weighted by atomic mass is 31.0. The fraction of sp³-hybridized carbons (Fsp3) is 0.600. The van der Waals surface area contributed by atoms with Crippen LogP contribution < -0.4 is 0 Å². The van der Waals surface area contributed by atoms with Crippen molar-refractivity contribution in [2.45, 2.75) is 18.5 Å². The molecular weight excluding hydrogens is 155 g/mol. The Morgan fingerprint density at radius 1 is 1.20 bits per heavy atom. The molecule has 0 aliphatic heterocycles. The van der Waals surface area contributed by atoms with Gasteiger partial charge in [-0.2, -0.15) is 0 Å². The van der Waals surface area contributed by atoms with E-state index >= 15 is 0 Å². The fourth-order valence-electron chi connectivity index (χ4n) is 0.521. The monoisotopic (exact) mass is 164 g/mol. The molecule has 0 bridgehead atoms. The number of hydrogen-bond donors (Lipinski definition) is 2. The Balaban J connectivity index is 3.53. The van der Waals surface area contributed by atoms with Crippen molar-refractivity contribution in [2.24, 2.45) is 0 Å². The minimum Gasteiger partial charge on any atom is -0.481 e. The predicted molar refractivity (Wildman–Crippen MR) is 38.0 cm³/mol. The van der Waals surface area contributed by atoms with Crippen molar-refractivity contribution < 1.29 is 19.8 Å². The summed E-state index contributed by atoms with van der Waals surface area (Å²) in [5.41, 5.74) is -0.366. The smallest absolute Gasteiger partial charge is 0.303 e. The first kappa shape index (κ1) is 9.37. The molecule has 0 amide bonds. The number of carboxylic acids is 2. The zero-order chi connectivity index (χ0) is 8.15. The van der Waals surface area contributed by atoms with E-state index in [4.69, 9.17) is 10.2 Å². The number of carboxylic acid groups (broad SMARTS) is 2. The maximum Gasteiger partial charge on any atom is 0.303 e. The Kier molecular flexibility index (Phi) is 3.96. The van der Waals surface area contributed by atoms with Gasteiger partial charge in [0.15, 0.2) is 0 Å². The molecule has 0 heterocycles. The number of carbonyl (C=O) groups is 2. The van der Waals surface area contributed by atoms with E-state index in [1.807, 2.05) is 0 Å². The Bertz CT molecular complexity index is 129. The lowest BCUT2D eigenvalue weighted by atomic mass is 10.2. The zero-order valence-electron chi connectivity index (χ0n) is 5.28. The van der Waals surface area contributed by atoms with Gasteiger partial charge in [-0.3, -0.25) is 9.59 Å². The maximum absolute atomic E-state index is 9.98. The molecule has 0 fully saturated rings. The van der Waals surface area contributed by atoms with Crippen LogP contribution in [0, 0.1) is 0 Å². The average Bonchev–Trinajstić information content (AvgIpc) is 1.58. The van der Waals surface area contributed by atoms with Gasteiger partial charge in [0, 0.05) is 0 Å². The van der Waals surface area contributed by atoms with E-state index < -0.39 is 11.9 Å². The second kappa shape index (κ2) is 4.23. The van der Waals surface area contributed by atoms with E-state index in [2.05, 4.69) is 9.24 Å². The minimum absolute atomic E-state index is 0.114. The largest absolute Gasteiger partial charge is 0.481 e. The third kappa shape index (κ3) is 5.51. The summed E-state index contributed by atoms with van der Waals surface area (Å²) in [6.07, 6.45) is -0.228. The highest BCUT2D eigenvalue weighted by Gasteiger charge is 2.10. The van der Waals surface area contributed by atoms with Crippen molar-refractivity contribution in [3.63, 3.8) is 0 Å². The van der Waals surface area contributed by atoms with Gasteiger partial charge in [-0.15, -0.1) is 9.24 Å². The predicted octanol–water partition coefficient (Wildman–Crippen LogP) is 0.180. The van der Waals surface area contributed by atoms with Crippen molar-refractivity contribution in [3.05, 3.63) is 0 Å². The van der Waals surface area contributed by atoms with Crippen LogP contribution in [0.2, 0.25) is 0 Å². The van der Waals surface area contributed by atoms with Gasteiger partial charge in [0.05, 0.1) is 12.8 Å². The van der Waals surface area contributed by atoms with Crippen molar-refractivity contribution in [1.29, 1.82) is 0 Å². The molecule has 0 saturated heterocycles. The fourth-order valence-corrected chi connectivity index (χ4v) is 0.924. The normalized spacial score (nSPS) is 9.80. The molecule has 0 aromatic rings. The second-order valence-electron chi connectivity index (χ2n) is 1.96. The molecule has 0 aromatic heterocycles. The molecule has 1 unspecified atom stereocenters. The van der Waals surface area contributed by atoms with Crippen LogP contribution in [-0.4, -0.2) is 27.8 Å². The Labute approximate surface area is 60.4 Å². The molecule has 0 radical (unpaired) electrons. The molecule has 0 saturated carbocycles. The molecule has 58 valence electrons. The number of rotatable bonds is 4. The molecule has 0 aromatic carbocycles. The van der Waals surface area contributed by atoms with Gasteiger partial charge < -0.3 is 10.2 Å². The van der Waals surface area contributed by atoms with Crippen LogP contribution >= 0.6 is 9.24 Å². The van der Waals surface area contributed by atoms with E-state index in [1.54, 1.807) is 0 Å². The molecule has 1 atom stereocenters. The second-order valence-corrected chi connectivity index (χ2v) is 2.90. The van der Waals surface area contributed by atoms with Crippen LogP contribution in [0.1, 0.15) is 12.8 Å². The first-order valence-corrected chi connectivity index (χ1v) is 3.38. The summed E-state index contributed by atoms with van der Waals surface area (Å²) in [5, 5.41) is 16.4. The van der Waals surface area contributed by atoms with E-state index in [9.17, 15) is 9.59 Å². The van der Waals surface area contributed by atoms with E-state index in [0.717, 1.165) is 0 Å². The SMILES string of the molecule is O=C(O)CC(P)CC(=O)O. The number of hydrogen-bond acceptors (Lipinski definition) is 2.